The van der Waals surface area contributed by atoms with Crippen molar-refractivity contribution in [1.29, 1.82) is 0 Å². The van der Waals surface area contributed by atoms with E-state index in [4.69, 9.17) is 0 Å². The molecule has 1 saturated heterocycles. The highest BCUT2D eigenvalue weighted by Gasteiger charge is 2.15. The Bertz CT molecular complexity index is 155. The maximum absolute atomic E-state index is 9.89. The van der Waals surface area contributed by atoms with Crippen LogP contribution < -0.4 is 0 Å². The number of carbonyl (C=O) groups excluding carboxylic acids is 1. The molecule has 0 bridgehead atoms. The van der Waals surface area contributed by atoms with Crippen molar-refractivity contribution in [2.24, 2.45) is 11.0 Å². The van der Waals surface area contributed by atoms with Gasteiger partial charge in [-0.2, -0.15) is 0 Å². The third-order valence-electron chi connectivity index (χ3n) is 2.35. The molecule has 0 aliphatic carbocycles. The molecule has 0 aromatic carbocycles. The van der Waals surface area contributed by atoms with E-state index in [0.717, 1.165) is 19.0 Å². The molecular weight excluding hydrogens is 140 g/mol. The molecule has 0 radical (unpaired) electrons. The standard InChI is InChI=1S/C8H14N2O/c1-2-8-3-5-10(6-4-8)9-7-11/h8H,2-6H2,1H3. The first-order valence-electron chi connectivity index (χ1n) is 4.19. The van der Waals surface area contributed by atoms with E-state index >= 15 is 0 Å². The van der Waals surface area contributed by atoms with Crippen LogP contribution in [-0.4, -0.2) is 24.2 Å². The third-order valence-corrected chi connectivity index (χ3v) is 2.35. The van der Waals surface area contributed by atoms with Crippen molar-refractivity contribution in [3.05, 3.63) is 0 Å². The summed E-state index contributed by atoms with van der Waals surface area (Å²) in [6.07, 6.45) is 5.16. The highest BCUT2D eigenvalue weighted by molar-refractivity contribution is 5.32. The Morgan fingerprint density at radius 2 is 2.18 bits per heavy atom. The van der Waals surface area contributed by atoms with Crippen LogP contribution in [0, 0.1) is 5.92 Å². The second-order valence-electron chi connectivity index (χ2n) is 3.00. The summed E-state index contributed by atoms with van der Waals surface area (Å²) < 4.78 is 0. The van der Waals surface area contributed by atoms with E-state index in [2.05, 4.69) is 12.0 Å². The molecule has 3 heteroatoms. The Hall–Kier alpha value is -0.820. The predicted octanol–water partition coefficient (Wildman–Crippen LogP) is 1.36. The van der Waals surface area contributed by atoms with Crippen LogP contribution in [0.1, 0.15) is 26.2 Å². The number of hydrogen-bond acceptors (Lipinski definition) is 3. The van der Waals surface area contributed by atoms with E-state index in [1.165, 1.54) is 19.3 Å². The molecule has 0 aromatic heterocycles. The molecule has 0 amide bonds. The van der Waals surface area contributed by atoms with Crippen molar-refractivity contribution in [2.45, 2.75) is 26.2 Å². The highest BCUT2D eigenvalue weighted by Crippen LogP contribution is 2.19. The molecule has 11 heavy (non-hydrogen) atoms. The van der Waals surface area contributed by atoms with Crippen LogP contribution in [0.15, 0.2) is 5.10 Å². The zero-order valence-electron chi connectivity index (χ0n) is 6.92. The lowest BCUT2D eigenvalue weighted by atomic mass is 9.95. The summed E-state index contributed by atoms with van der Waals surface area (Å²) >= 11 is 0. The van der Waals surface area contributed by atoms with Gasteiger partial charge < -0.3 is 0 Å². The topological polar surface area (TPSA) is 32.7 Å². The number of nitrogens with zero attached hydrogens (tertiary/aromatic N) is 2. The van der Waals surface area contributed by atoms with E-state index in [0.29, 0.717) is 0 Å². The number of piperidine rings is 1. The number of hydrogen-bond donors (Lipinski definition) is 0. The van der Waals surface area contributed by atoms with E-state index in [9.17, 15) is 4.79 Å². The largest absolute Gasteiger partial charge is 0.286 e. The first-order chi connectivity index (χ1) is 5.36. The maximum atomic E-state index is 9.89. The Labute approximate surface area is 67.1 Å². The first-order valence-corrected chi connectivity index (χ1v) is 4.19. The molecular formula is C8H14N2O. The minimum Gasteiger partial charge on any atom is -0.286 e. The smallest absolute Gasteiger partial charge is 0.258 e. The van der Waals surface area contributed by atoms with Gasteiger partial charge in [0.05, 0.1) is 0 Å². The molecule has 0 atom stereocenters. The average molecular weight is 154 g/mol. The second-order valence-corrected chi connectivity index (χ2v) is 3.00. The zero-order valence-corrected chi connectivity index (χ0v) is 6.92. The van der Waals surface area contributed by atoms with E-state index in [1.807, 2.05) is 0 Å². The molecule has 1 heterocycles. The number of rotatable bonds is 2. The van der Waals surface area contributed by atoms with E-state index in [1.54, 1.807) is 11.1 Å². The predicted molar refractivity (Wildman–Crippen MR) is 42.7 cm³/mol. The van der Waals surface area contributed by atoms with Crippen molar-refractivity contribution in [2.75, 3.05) is 13.1 Å². The van der Waals surface area contributed by atoms with Gasteiger partial charge in [0, 0.05) is 13.1 Å². The lowest BCUT2D eigenvalue weighted by molar-refractivity contribution is 0.188. The fraction of sp³-hybridized carbons (Fsp3) is 0.875. The third kappa shape index (κ3) is 2.35. The van der Waals surface area contributed by atoms with Crippen LogP contribution >= 0.6 is 0 Å². The van der Waals surface area contributed by atoms with Gasteiger partial charge in [0.1, 0.15) is 0 Å². The van der Waals surface area contributed by atoms with E-state index in [-0.39, 0.29) is 0 Å². The van der Waals surface area contributed by atoms with Crippen molar-refractivity contribution in [1.82, 2.24) is 5.01 Å². The molecule has 1 rings (SSSR count). The van der Waals surface area contributed by atoms with Gasteiger partial charge in [0.25, 0.3) is 6.08 Å². The quantitative estimate of drug-likeness (QED) is 0.444. The van der Waals surface area contributed by atoms with Gasteiger partial charge in [0.15, 0.2) is 0 Å². The van der Waals surface area contributed by atoms with E-state index < -0.39 is 0 Å². The summed E-state index contributed by atoms with van der Waals surface area (Å²) in [5, 5.41) is 5.38. The monoisotopic (exact) mass is 154 g/mol. The highest BCUT2D eigenvalue weighted by atomic mass is 16.1. The summed E-state index contributed by atoms with van der Waals surface area (Å²) in [6, 6.07) is 0. The van der Waals surface area contributed by atoms with Crippen LogP contribution in [-0.2, 0) is 4.79 Å². The van der Waals surface area contributed by atoms with Gasteiger partial charge in [-0.25, -0.2) is 4.79 Å². The molecule has 0 spiro atoms. The molecule has 0 aromatic rings. The van der Waals surface area contributed by atoms with Crippen LogP contribution in [0.2, 0.25) is 0 Å². The van der Waals surface area contributed by atoms with Crippen LogP contribution in [0.5, 0.6) is 0 Å². The fourth-order valence-electron chi connectivity index (χ4n) is 1.49. The molecule has 62 valence electrons. The van der Waals surface area contributed by atoms with Gasteiger partial charge in [-0.3, -0.25) is 5.01 Å². The van der Waals surface area contributed by atoms with Crippen molar-refractivity contribution in [3.63, 3.8) is 0 Å². The van der Waals surface area contributed by atoms with Gasteiger partial charge in [0.2, 0.25) is 0 Å². The Kier molecular flexibility index (Phi) is 3.12. The Balaban J connectivity index is 2.29. The van der Waals surface area contributed by atoms with Crippen LogP contribution in [0.4, 0.5) is 0 Å². The number of isocyanates is 1. The minimum absolute atomic E-state index is 0.841. The molecule has 1 aliphatic rings. The van der Waals surface area contributed by atoms with Crippen molar-refractivity contribution < 1.29 is 4.79 Å². The first kappa shape index (κ1) is 8.28. The summed E-state index contributed by atoms with van der Waals surface area (Å²) in [5.41, 5.74) is 0. The van der Waals surface area contributed by atoms with Crippen LogP contribution in [0.3, 0.4) is 0 Å². The Morgan fingerprint density at radius 1 is 1.55 bits per heavy atom. The normalized spacial score (nSPS) is 19.5. The van der Waals surface area contributed by atoms with Gasteiger partial charge in [-0.05, 0) is 18.8 Å². The summed E-state index contributed by atoms with van der Waals surface area (Å²) in [4.78, 5) is 9.89. The van der Waals surface area contributed by atoms with Crippen LogP contribution in [0.25, 0.3) is 0 Å². The Morgan fingerprint density at radius 3 is 2.64 bits per heavy atom. The van der Waals surface area contributed by atoms with Crippen molar-refractivity contribution >= 4 is 6.08 Å². The molecule has 1 fully saturated rings. The van der Waals surface area contributed by atoms with Gasteiger partial charge in [-0.15, -0.1) is 0 Å². The molecule has 1 aliphatic heterocycles. The average Bonchev–Trinajstić information content (AvgIpc) is 2.07. The molecule has 0 saturated carbocycles. The zero-order chi connectivity index (χ0) is 8.10. The lowest BCUT2D eigenvalue weighted by Gasteiger charge is -2.27. The fourth-order valence-corrected chi connectivity index (χ4v) is 1.49. The van der Waals surface area contributed by atoms with Gasteiger partial charge in [-0.1, -0.05) is 18.4 Å². The molecule has 3 nitrogen and oxygen atoms in total. The molecule has 0 N–H and O–H groups in total. The summed E-state index contributed by atoms with van der Waals surface area (Å²) in [7, 11) is 0. The number of hydrazone groups is 1. The SMILES string of the molecule is CCC1CCN(N=C=O)CC1. The maximum Gasteiger partial charge on any atom is 0.258 e. The molecule has 0 unspecified atom stereocenters. The summed E-state index contributed by atoms with van der Waals surface area (Å²) in [6.45, 7) is 4.06. The minimum atomic E-state index is 0.841. The van der Waals surface area contributed by atoms with Gasteiger partial charge >= 0.3 is 0 Å². The summed E-state index contributed by atoms with van der Waals surface area (Å²) in [5.74, 6) is 0.841. The second kappa shape index (κ2) is 4.14. The van der Waals surface area contributed by atoms with Crippen molar-refractivity contribution in [3.8, 4) is 0 Å². The lowest BCUT2D eigenvalue weighted by Crippen LogP contribution is -2.29.